The van der Waals surface area contributed by atoms with Crippen LogP contribution in [0.3, 0.4) is 0 Å². The van der Waals surface area contributed by atoms with Gasteiger partial charge in [-0.05, 0) is 17.7 Å². The van der Waals surface area contributed by atoms with E-state index in [1.165, 1.54) is 11.8 Å². The number of hydrogen-bond donors (Lipinski definition) is 2. The number of aromatic nitrogens is 3. The predicted octanol–water partition coefficient (Wildman–Crippen LogP) is 1.84. The highest BCUT2D eigenvalue weighted by molar-refractivity contribution is 7.98. The van der Waals surface area contributed by atoms with Crippen molar-refractivity contribution in [1.29, 1.82) is 0 Å². The summed E-state index contributed by atoms with van der Waals surface area (Å²) in [6.07, 6.45) is 0.912. The Morgan fingerprint density at radius 2 is 2.11 bits per heavy atom. The number of nitrogen functional groups attached to an aromatic ring is 1. The van der Waals surface area contributed by atoms with Crippen molar-refractivity contribution in [1.82, 2.24) is 15.2 Å². The van der Waals surface area contributed by atoms with Gasteiger partial charge in [0.15, 0.2) is 11.5 Å². The van der Waals surface area contributed by atoms with Crippen LogP contribution < -0.4 is 15.2 Å². The molecule has 0 amide bonds. The van der Waals surface area contributed by atoms with E-state index in [9.17, 15) is 0 Å². The zero-order valence-corrected chi connectivity index (χ0v) is 11.1. The number of benzene rings is 1. The largest absolute Gasteiger partial charge is 0.490 e. The molecule has 1 aliphatic heterocycles. The third kappa shape index (κ3) is 2.93. The molecule has 3 N–H and O–H groups in total. The molecular weight excluding hydrogens is 264 g/mol. The van der Waals surface area contributed by atoms with Crippen LogP contribution in [-0.4, -0.2) is 28.4 Å². The first-order chi connectivity index (χ1) is 9.31. The number of rotatable bonds is 3. The number of nitrogens with zero attached hydrogens (tertiary/aromatic N) is 2. The van der Waals surface area contributed by atoms with Crippen molar-refractivity contribution in [2.45, 2.75) is 17.3 Å². The highest BCUT2D eigenvalue weighted by Gasteiger charge is 2.11. The molecule has 0 aliphatic carbocycles. The van der Waals surface area contributed by atoms with Crippen molar-refractivity contribution in [2.24, 2.45) is 0 Å². The molecule has 2 heterocycles. The van der Waals surface area contributed by atoms with Gasteiger partial charge >= 0.3 is 0 Å². The van der Waals surface area contributed by atoms with Gasteiger partial charge in [0, 0.05) is 12.2 Å². The Morgan fingerprint density at radius 1 is 1.26 bits per heavy atom. The normalized spacial score (nSPS) is 14.1. The summed E-state index contributed by atoms with van der Waals surface area (Å²) in [7, 11) is 0. The number of hydrogen-bond acceptors (Lipinski definition) is 6. The van der Waals surface area contributed by atoms with Gasteiger partial charge in [-0.2, -0.15) is 4.98 Å². The molecule has 1 aromatic carbocycles. The number of anilines is 1. The summed E-state index contributed by atoms with van der Waals surface area (Å²) in [5.74, 6) is 2.72. The molecule has 19 heavy (non-hydrogen) atoms. The van der Waals surface area contributed by atoms with Crippen molar-refractivity contribution < 1.29 is 9.47 Å². The molecule has 0 spiro atoms. The molecule has 6 nitrogen and oxygen atoms in total. The molecule has 7 heteroatoms. The number of nitrogens with one attached hydrogen (secondary N) is 1. The summed E-state index contributed by atoms with van der Waals surface area (Å²) < 4.78 is 11.2. The van der Waals surface area contributed by atoms with Crippen LogP contribution in [0.4, 0.5) is 5.95 Å². The van der Waals surface area contributed by atoms with Gasteiger partial charge < -0.3 is 15.2 Å². The standard InChI is InChI=1S/C12H14N4O2S/c13-11-14-12(16-15-11)19-7-8-2-3-9-10(6-8)18-5-1-4-17-9/h2-3,6H,1,4-5,7H2,(H3,13,14,15,16). The number of fused-ring (bicyclic) bond motifs is 1. The molecule has 1 aromatic heterocycles. The molecule has 0 bridgehead atoms. The second kappa shape index (κ2) is 5.40. The quantitative estimate of drug-likeness (QED) is 0.833. The van der Waals surface area contributed by atoms with Gasteiger partial charge in [-0.3, -0.25) is 0 Å². The number of nitrogens with two attached hydrogens (primary N) is 1. The monoisotopic (exact) mass is 278 g/mol. The fourth-order valence-electron chi connectivity index (χ4n) is 1.77. The van der Waals surface area contributed by atoms with Gasteiger partial charge in [0.05, 0.1) is 13.2 Å². The van der Waals surface area contributed by atoms with E-state index in [2.05, 4.69) is 15.2 Å². The fourth-order valence-corrected chi connectivity index (χ4v) is 2.52. The highest BCUT2D eigenvalue weighted by atomic mass is 32.2. The first kappa shape index (κ1) is 12.2. The highest BCUT2D eigenvalue weighted by Crippen LogP contribution is 2.32. The van der Waals surface area contributed by atoms with Crippen LogP contribution in [0.15, 0.2) is 23.4 Å². The van der Waals surface area contributed by atoms with Crippen LogP contribution in [0.2, 0.25) is 0 Å². The van der Waals surface area contributed by atoms with Crippen molar-refractivity contribution in [3.05, 3.63) is 23.8 Å². The van der Waals surface area contributed by atoms with E-state index in [1.807, 2.05) is 18.2 Å². The SMILES string of the molecule is Nc1nc(SCc2ccc3c(c2)OCCCO3)n[nH]1. The summed E-state index contributed by atoms with van der Waals surface area (Å²) in [4.78, 5) is 4.05. The average molecular weight is 278 g/mol. The maximum atomic E-state index is 5.65. The minimum atomic E-state index is 0.334. The van der Waals surface area contributed by atoms with Gasteiger partial charge in [0.1, 0.15) is 0 Å². The van der Waals surface area contributed by atoms with Crippen LogP contribution in [0.25, 0.3) is 0 Å². The third-order valence-electron chi connectivity index (χ3n) is 2.66. The van der Waals surface area contributed by atoms with Crippen LogP contribution >= 0.6 is 11.8 Å². The second-order valence-electron chi connectivity index (χ2n) is 4.12. The zero-order chi connectivity index (χ0) is 13.1. The Kier molecular flexibility index (Phi) is 3.45. The number of aromatic amines is 1. The first-order valence-corrected chi connectivity index (χ1v) is 6.99. The van der Waals surface area contributed by atoms with Gasteiger partial charge in [-0.1, -0.05) is 17.8 Å². The van der Waals surface area contributed by atoms with Crippen LogP contribution in [-0.2, 0) is 5.75 Å². The third-order valence-corrected chi connectivity index (χ3v) is 3.58. The predicted molar refractivity (Wildman–Crippen MR) is 72.4 cm³/mol. The van der Waals surface area contributed by atoms with Crippen LogP contribution in [0, 0.1) is 0 Å². The van der Waals surface area contributed by atoms with Gasteiger partial charge in [-0.25, -0.2) is 5.10 Å². The van der Waals surface area contributed by atoms with Crippen LogP contribution in [0.5, 0.6) is 11.5 Å². The molecule has 0 unspecified atom stereocenters. The minimum absolute atomic E-state index is 0.334. The summed E-state index contributed by atoms with van der Waals surface area (Å²) in [5.41, 5.74) is 6.61. The molecular formula is C12H14N4O2S. The van der Waals surface area contributed by atoms with E-state index in [-0.39, 0.29) is 0 Å². The Morgan fingerprint density at radius 3 is 2.89 bits per heavy atom. The summed E-state index contributed by atoms with van der Waals surface area (Å²) in [6.45, 7) is 1.40. The van der Waals surface area contributed by atoms with Crippen molar-refractivity contribution >= 4 is 17.7 Å². The molecule has 3 rings (SSSR count). The Balaban J connectivity index is 1.69. The molecule has 0 atom stereocenters. The zero-order valence-electron chi connectivity index (χ0n) is 10.3. The van der Waals surface area contributed by atoms with Gasteiger partial charge in [0.2, 0.25) is 11.1 Å². The maximum Gasteiger partial charge on any atom is 0.216 e. The lowest BCUT2D eigenvalue weighted by atomic mass is 10.2. The van der Waals surface area contributed by atoms with E-state index in [1.54, 1.807) is 0 Å². The first-order valence-electron chi connectivity index (χ1n) is 6.00. The molecule has 0 saturated heterocycles. The fraction of sp³-hybridized carbons (Fsp3) is 0.333. The van der Waals surface area contributed by atoms with Crippen LogP contribution in [0.1, 0.15) is 12.0 Å². The van der Waals surface area contributed by atoms with E-state index in [0.29, 0.717) is 24.3 Å². The molecule has 0 saturated carbocycles. The van der Waals surface area contributed by atoms with Gasteiger partial charge in [-0.15, -0.1) is 5.10 Å². The number of ether oxygens (including phenoxy) is 2. The second-order valence-corrected chi connectivity index (χ2v) is 5.07. The molecule has 0 fully saturated rings. The number of H-pyrrole nitrogens is 1. The Bertz CT molecular complexity index is 573. The number of thioether (sulfide) groups is 1. The Labute approximate surface area is 114 Å². The van der Waals surface area contributed by atoms with Crippen molar-refractivity contribution in [3.63, 3.8) is 0 Å². The van der Waals surface area contributed by atoms with E-state index >= 15 is 0 Å². The topological polar surface area (TPSA) is 86.1 Å². The molecule has 2 aromatic rings. The Hall–Kier alpha value is -1.89. The van der Waals surface area contributed by atoms with Gasteiger partial charge in [0.25, 0.3) is 0 Å². The molecule has 1 aliphatic rings. The maximum absolute atomic E-state index is 5.65. The lowest BCUT2D eigenvalue weighted by molar-refractivity contribution is 0.297. The van der Waals surface area contributed by atoms with Crippen molar-refractivity contribution in [2.75, 3.05) is 18.9 Å². The van der Waals surface area contributed by atoms with E-state index < -0.39 is 0 Å². The summed E-state index contributed by atoms with van der Waals surface area (Å²) in [6, 6.07) is 5.98. The molecule has 100 valence electrons. The lowest BCUT2D eigenvalue weighted by Crippen LogP contribution is -1.97. The molecule has 0 radical (unpaired) electrons. The minimum Gasteiger partial charge on any atom is -0.490 e. The average Bonchev–Trinajstić information content (AvgIpc) is 2.70. The summed E-state index contributed by atoms with van der Waals surface area (Å²) >= 11 is 1.52. The lowest BCUT2D eigenvalue weighted by Gasteiger charge is -2.08. The van der Waals surface area contributed by atoms with E-state index in [4.69, 9.17) is 15.2 Å². The van der Waals surface area contributed by atoms with Crippen molar-refractivity contribution in [3.8, 4) is 11.5 Å². The smallest absolute Gasteiger partial charge is 0.216 e. The van der Waals surface area contributed by atoms with E-state index in [0.717, 1.165) is 29.2 Å². The summed E-state index contributed by atoms with van der Waals surface area (Å²) in [5, 5.41) is 7.24.